The van der Waals surface area contributed by atoms with Crippen LogP contribution in [0.5, 0.6) is 0 Å². The fourth-order valence-electron chi connectivity index (χ4n) is 3.40. The lowest BCUT2D eigenvalue weighted by Crippen LogP contribution is -2.41. The summed E-state index contributed by atoms with van der Waals surface area (Å²) in [7, 11) is 0. The second-order valence-electron chi connectivity index (χ2n) is 6.84. The van der Waals surface area contributed by atoms with Crippen LogP contribution in [-0.2, 0) is 4.79 Å². The van der Waals surface area contributed by atoms with Gasteiger partial charge in [-0.3, -0.25) is 4.79 Å². The normalized spacial score (nSPS) is 17.1. The molecule has 0 radical (unpaired) electrons. The average Bonchev–Trinajstić information content (AvgIpc) is 3.11. The maximum Gasteiger partial charge on any atom is 0.256 e. The van der Waals surface area contributed by atoms with Gasteiger partial charge in [-0.25, -0.2) is 9.37 Å². The van der Waals surface area contributed by atoms with E-state index < -0.39 is 6.10 Å². The number of imidazole rings is 1. The van der Waals surface area contributed by atoms with Gasteiger partial charge in [-0.2, -0.15) is 0 Å². The van der Waals surface area contributed by atoms with Gasteiger partial charge in [0.05, 0.1) is 0 Å². The first-order chi connectivity index (χ1) is 12.0. The Kier molecular flexibility index (Phi) is 5.18. The largest absolute Gasteiger partial charge is 0.378 e. The molecule has 1 aromatic carbocycles. The maximum atomic E-state index is 13.0. The highest BCUT2D eigenvalue weighted by atomic mass is 19.1. The first-order valence-electron chi connectivity index (χ1n) is 8.72. The average molecular weight is 345 g/mol. The van der Waals surface area contributed by atoms with Crippen LogP contribution in [0.15, 0.2) is 36.7 Å². The van der Waals surface area contributed by atoms with Crippen LogP contribution in [0.2, 0.25) is 0 Å². The highest BCUT2D eigenvalue weighted by molar-refractivity contribution is 5.82. The van der Waals surface area contributed by atoms with Crippen molar-refractivity contribution in [2.24, 2.45) is 0 Å². The van der Waals surface area contributed by atoms with Crippen LogP contribution >= 0.6 is 0 Å². The summed E-state index contributed by atoms with van der Waals surface area (Å²) in [6.45, 7) is 5.44. The third kappa shape index (κ3) is 3.74. The Balaban J connectivity index is 1.62. The van der Waals surface area contributed by atoms with Crippen LogP contribution in [0.25, 0.3) is 0 Å². The fourth-order valence-corrected chi connectivity index (χ4v) is 3.40. The van der Waals surface area contributed by atoms with E-state index in [9.17, 15) is 14.3 Å². The number of carbonyl (C=O) groups is 1. The van der Waals surface area contributed by atoms with Crippen molar-refractivity contribution in [1.82, 2.24) is 14.5 Å². The molecule has 6 heteroatoms. The summed E-state index contributed by atoms with van der Waals surface area (Å²) in [6.07, 6.45) is 4.23. The summed E-state index contributed by atoms with van der Waals surface area (Å²) in [6, 6.07) is 5.76. The van der Waals surface area contributed by atoms with Gasteiger partial charge in [-0.1, -0.05) is 12.1 Å². The van der Waals surface area contributed by atoms with E-state index in [-0.39, 0.29) is 11.7 Å². The lowest BCUT2D eigenvalue weighted by atomic mass is 9.95. The molecule has 25 heavy (non-hydrogen) atoms. The van der Waals surface area contributed by atoms with E-state index in [0.717, 1.165) is 18.7 Å². The number of aromatic nitrogens is 2. The van der Waals surface area contributed by atoms with E-state index >= 15 is 0 Å². The van der Waals surface area contributed by atoms with E-state index in [1.807, 2.05) is 12.4 Å². The van der Waals surface area contributed by atoms with Crippen LogP contribution in [0.4, 0.5) is 4.39 Å². The minimum absolute atomic E-state index is 0.322. The molecule has 0 spiro atoms. The van der Waals surface area contributed by atoms with E-state index in [1.54, 1.807) is 4.90 Å². The molecule has 1 saturated heterocycles. The zero-order valence-electron chi connectivity index (χ0n) is 14.6. The molecule has 1 aliphatic heterocycles. The standard InChI is InChI=1S/C19H24FN3O2/c1-13(2)23-12-9-21-18(23)15-7-10-22(11-8-15)19(25)17(24)14-3-5-16(20)6-4-14/h3-6,9,12-13,15,17,24H,7-8,10-11H2,1-2H3/t17-/m1/s1. The molecule has 2 aromatic rings. The summed E-state index contributed by atoms with van der Waals surface area (Å²) in [5.74, 6) is 0.688. The van der Waals surface area contributed by atoms with Crippen molar-refractivity contribution in [3.8, 4) is 0 Å². The Bertz CT molecular complexity index is 719. The number of hydrogen-bond donors (Lipinski definition) is 1. The van der Waals surface area contributed by atoms with Crippen molar-refractivity contribution in [3.63, 3.8) is 0 Å². The molecule has 5 nitrogen and oxygen atoms in total. The zero-order chi connectivity index (χ0) is 18.0. The third-order valence-corrected chi connectivity index (χ3v) is 4.85. The topological polar surface area (TPSA) is 58.4 Å². The zero-order valence-corrected chi connectivity index (χ0v) is 14.6. The summed E-state index contributed by atoms with van der Waals surface area (Å²) < 4.78 is 15.2. The number of hydrogen-bond acceptors (Lipinski definition) is 3. The molecule has 2 heterocycles. The molecule has 0 bridgehead atoms. The van der Waals surface area contributed by atoms with Crippen molar-refractivity contribution in [1.29, 1.82) is 0 Å². The van der Waals surface area contributed by atoms with E-state index in [2.05, 4.69) is 23.4 Å². The van der Waals surface area contributed by atoms with E-state index in [0.29, 0.717) is 30.6 Å². The number of likely N-dealkylation sites (tertiary alicyclic amines) is 1. The monoisotopic (exact) mass is 345 g/mol. The van der Waals surface area contributed by atoms with E-state index in [4.69, 9.17) is 0 Å². The molecule has 1 aliphatic rings. The SMILES string of the molecule is CC(C)n1ccnc1C1CCN(C(=O)[C@H](O)c2ccc(F)cc2)CC1. The lowest BCUT2D eigenvalue weighted by molar-refractivity contribution is -0.141. The summed E-state index contributed by atoms with van der Waals surface area (Å²) in [4.78, 5) is 18.7. The second kappa shape index (κ2) is 7.35. The fraction of sp³-hybridized carbons (Fsp3) is 0.474. The molecule has 0 saturated carbocycles. The molecule has 1 atom stereocenters. The van der Waals surface area contributed by atoms with Crippen LogP contribution in [-0.4, -0.2) is 38.6 Å². The number of amides is 1. The molecular formula is C19H24FN3O2. The lowest BCUT2D eigenvalue weighted by Gasteiger charge is -2.33. The Hall–Kier alpha value is -2.21. The Morgan fingerprint density at radius 3 is 2.48 bits per heavy atom. The van der Waals surface area contributed by atoms with Gasteiger partial charge in [0.15, 0.2) is 6.10 Å². The Labute approximate surface area is 147 Å². The van der Waals surface area contributed by atoms with Crippen LogP contribution < -0.4 is 0 Å². The number of nitrogens with zero attached hydrogens (tertiary/aromatic N) is 3. The molecule has 3 rings (SSSR count). The van der Waals surface area contributed by atoms with Crippen molar-refractivity contribution in [3.05, 3.63) is 53.9 Å². The van der Waals surface area contributed by atoms with Gasteiger partial charge in [-0.15, -0.1) is 0 Å². The molecule has 0 unspecified atom stereocenters. The highest BCUT2D eigenvalue weighted by Gasteiger charge is 2.30. The first-order valence-corrected chi connectivity index (χ1v) is 8.72. The number of carbonyl (C=O) groups excluding carboxylic acids is 1. The van der Waals surface area contributed by atoms with Crippen molar-refractivity contribution >= 4 is 5.91 Å². The number of aliphatic hydroxyl groups excluding tert-OH is 1. The summed E-state index contributed by atoms with van der Waals surface area (Å²) in [5.41, 5.74) is 0.420. The van der Waals surface area contributed by atoms with Crippen LogP contribution in [0.1, 0.15) is 56.1 Å². The molecule has 1 aromatic heterocycles. The molecular weight excluding hydrogens is 321 g/mol. The first kappa shape index (κ1) is 17.6. The second-order valence-corrected chi connectivity index (χ2v) is 6.84. The van der Waals surface area contributed by atoms with Crippen molar-refractivity contribution in [2.75, 3.05) is 13.1 Å². The van der Waals surface area contributed by atoms with Crippen LogP contribution in [0.3, 0.4) is 0 Å². The van der Waals surface area contributed by atoms with Gasteiger partial charge in [0.25, 0.3) is 5.91 Å². The van der Waals surface area contributed by atoms with E-state index in [1.165, 1.54) is 24.3 Å². The minimum atomic E-state index is -1.24. The minimum Gasteiger partial charge on any atom is -0.378 e. The van der Waals surface area contributed by atoms with Crippen molar-refractivity contribution < 1.29 is 14.3 Å². The third-order valence-electron chi connectivity index (χ3n) is 4.85. The van der Waals surface area contributed by atoms with Gasteiger partial charge in [0, 0.05) is 37.4 Å². The number of piperidine rings is 1. The number of benzene rings is 1. The number of halogens is 1. The summed E-state index contributed by atoms with van der Waals surface area (Å²) in [5, 5.41) is 10.3. The quantitative estimate of drug-likeness (QED) is 0.927. The number of rotatable bonds is 4. The smallest absolute Gasteiger partial charge is 0.256 e. The Morgan fingerprint density at radius 2 is 1.88 bits per heavy atom. The maximum absolute atomic E-state index is 13.0. The molecule has 134 valence electrons. The highest BCUT2D eigenvalue weighted by Crippen LogP contribution is 2.29. The van der Waals surface area contributed by atoms with Gasteiger partial charge < -0.3 is 14.6 Å². The molecule has 1 fully saturated rings. The van der Waals surface area contributed by atoms with Gasteiger partial charge >= 0.3 is 0 Å². The Morgan fingerprint density at radius 1 is 1.24 bits per heavy atom. The molecule has 0 aliphatic carbocycles. The predicted octanol–water partition coefficient (Wildman–Crippen LogP) is 3.04. The number of aliphatic hydroxyl groups is 1. The van der Waals surface area contributed by atoms with Gasteiger partial charge in [0.2, 0.25) is 0 Å². The van der Waals surface area contributed by atoms with Crippen molar-refractivity contribution in [2.45, 2.75) is 44.8 Å². The van der Waals surface area contributed by atoms with Crippen LogP contribution in [0, 0.1) is 5.82 Å². The predicted molar refractivity (Wildman–Crippen MR) is 92.5 cm³/mol. The summed E-state index contributed by atoms with van der Waals surface area (Å²) >= 11 is 0. The van der Waals surface area contributed by atoms with Gasteiger partial charge in [0.1, 0.15) is 11.6 Å². The molecule has 1 N–H and O–H groups in total. The molecule has 1 amide bonds. The van der Waals surface area contributed by atoms with Gasteiger partial charge in [-0.05, 0) is 44.4 Å².